The molecule has 1 amide bonds. The van der Waals surface area contributed by atoms with Crippen LogP contribution in [0.4, 0.5) is 4.39 Å². The number of halogens is 1. The zero-order chi connectivity index (χ0) is 24.2. The Morgan fingerprint density at radius 2 is 1.97 bits per heavy atom. The Kier molecular flexibility index (Phi) is 7.02. The topological polar surface area (TPSA) is 115 Å². The van der Waals surface area contributed by atoms with Crippen molar-refractivity contribution in [2.45, 2.75) is 45.3 Å². The molecule has 2 unspecified atom stereocenters. The van der Waals surface area contributed by atoms with Gasteiger partial charge in [0.1, 0.15) is 11.6 Å². The van der Waals surface area contributed by atoms with E-state index < -0.39 is 23.9 Å². The van der Waals surface area contributed by atoms with Gasteiger partial charge in [0.05, 0.1) is 12.2 Å². The van der Waals surface area contributed by atoms with Crippen molar-refractivity contribution in [3.05, 3.63) is 65.3 Å². The number of carbonyl (C=O) groups excluding carboxylic acids is 2. The summed E-state index contributed by atoms with van der Waals surface area (Å²) in [5.74, 6) is -0.0773. The smallest absolute Gasteiger partial charge is 0.268 e. The molecule has 1 fully saturated rings. The maximum atomic E-state index is 14.5. The zero-order valence-corrected chi connectivity index (χ0v) is 19.0. The molecule has 2 atom stereocenters. The van der Waals surface area contributed by atoms with Crippen molar-refractivity contribution in [2.24, 2.45) is 5.92 Å². The minimum Gasteiger partial charge on any atom is -0.481 e. The van der Waals surface area contributed by atoms with Crippen molar-refractivity contribution in [3.8, 4) is 17.1 Å². The van der Waals surface area contributed by atoms with Crippen LogP contribution in [0.2, 0.25) is 0 Å². The summed E-state index contributed by atoms with van der Waals surface area (Å²) in [4.78, 5) is 28.6. The molecular formula is C25H26FN3O5. The largest absolute Gasteiger partial charge is 0.481 e. The van der Waals surface area contributed by atoms with Gasteiger partial charge in [0, 0.05) is 23.1 Å². The minimum absolute atomic E-state index is 0.147. The van der Waals surface area contributed by atoms with Gasteiger partial charge in [0.25, 0.3) is 11.8 Å². The summed E-state index contributed by atoms with van der Waals surface area (Å²) in [5, 5.41) is 15.5. The maximum Gasteiger partial charge on any atom is 0.268 e. The van der Waals surface area contributed by atoms with Crippen LogP contribution in [0.25, 0.3) is 11.4 Å². The second kappa shape index (κ2) is 10.1. The predicted octanol–water partition coefficient (Wildman–Crippen LogP) is 4.11. The number of Topliss-reactive ketones (excluding diaryl/α,β-unsaturated/α-hetero) is 1. The maximum absolute atomic E-state index is 14.5. The molecule has 0 aliphatic heterocycles. The molecule has 1 heterocycles. The molecule has 0 spiro atoms. The lowest BCUT2D eigenvalue weighted by Gasteiger charge is -2.13. The number of benzene rings is 2. The Labute approximate surface area is 196 Å². The van der Waals surface area contributed by atoms with E-state index in [4.69, 9.17) is 14.4 Å². The highest BCUT2D eigenvalue weighted by molar-refractivity contribution is 5.99. The van der Waals surface area contributed by atoms with Crippen LogP contribution in [0.1, 0.15) is 65.8 Å². The third-order valence-electron chi connectivity index (χ3n) is 5.58. The highest BCUT2D eigenvalue weighted by atomic mass is 19.1. The van der Waals surface area contributed by atoms with Crippen LogP contribution in [0, 0.1) is 11.7 Å². The summed E-state index contributed by atoms with van der Waals surface area (Å²) in [6, 6.07) is 10.5. The van der Waals surface area contributed by atoms with Gasteiger partial charge in [-0.2, -0.15) is 4.98 Å². The van der Waals surface area contributed by atoms with E-state index in [1.54, 1.807) is 31.2 Å². The first-order valence-corrected chi connectivity index (χ1v) is 11.3. The van der Waals surface area contributed by atoms with E-state index in [0.717, 1.165) is 18.9 Å². The molecule has 34 heavy (non-hydrogen) atoms. The number of hydrogen-bond acceptors (Lipinski definition) is 7. The Balaban J connectivity index is 1.45. The second-order valence-electron chi connectivity index (χ2n) is 8.39. The van der Waals surface area contributed by atoms with Crippen LogP contribution in [-0.4, -0.2) is 39.6 Å². The monoisotopic (exact) mass is 467 g/mol. The molecule has 2 aromatic carbocycles. The molecular weight excluding hydrogens is 441 g/mol. The van der Waals surface area contributed by atoms with Crippen molar-refractivity contribution in [3.63, 3.8) is 0 Å². The van der Waals surface area contributed by atoms with Gasteiger partial charge >= 0.3 is 0 Å². The average Bonchev–Trinajstić information content (AvgIpc) is 3.58. The van der Waals surface area contributed by atoms with Gasteiger partial charge < -0.3 is 19.7 Å². The SMILES string of the molecule is CCC(Oc1ccc(C(=O)C2CC2)cc1)c1nc(-c2ccc(C(=O)NC(C)CO)c(F)c2)no1. The summed E-state index contributed by atoms with van der Waals surface area (Å²) in [6.07, 6.45) is 1.93. The summed E-state index contributed by atoms with van der Waals surface area (Å²) in [6.45, 7) is 3.26. The van der Waals surface area contributed by atoms with Gasteiger partial charge in [-0.05, 0) is 62.6 Å². The van der Waals surface area contributed by atoms with Crippen LogP contribution in [0.5, 0.6) is 5.75 Å². The normalized spacial score (nSPS) is 14.9. The van der Waals surface area contributed by atoms with E-state index in [-0.39, 0.29) is 35.6 Å². The Hall–Kier alpha value is -3.59. The molecule has 9 heteroatoms. The standard InChI is InChI=1S/C25H26FN3O5/c1-3-21(33-18-9-6-16(7-10-18)22(31)15-4-5-15)25-28-23(29-34-25)17-8-11-19(20(26)12-17)24(32)27-14(2)13-30/h6-12,14-15,21,30H,3-5,13H2,1-2H3,(H,27,32). The number of aliphatic hydroxyl groups excluding tert-OH is 1. The highest BCUT2D eigenvalue weighted by Gasteiger charge is 2.30. The van der Waals surface area contributed by atoms with Crippen LogP contribution in [0.3, 0.4) is 0 Å². The molecule has 8 nitrogen and oxygen atoms in total. The van der Waals surface area contributed by atoms with Gasteiger partial charge in [-0.15, -0.1) is 0 Å². The second-order valence-corrected chi connectivity index (χ2v) is 8.39. The Morgan fingerprint density at radius 3 is 2.59 bits per heavy atom. The fourth-order valence-corrected chi connectivity index (χ4v) is 3.42. The van der Waals surface area contributed by atoms with Crippen LogP contribution in [0.15, 0.2) is 47.0 Å². The first kappa shape index (κ1) is 23.6. The van der Waals surface area contributed by atoms with Crippen molar-refractivity contribution in [1.82, 2.24) is 15.5 Å². The first-order chi connectivity index (χ1) is 16.4. The number of nitrogens with zero attached hydrogens (tertiary/aromatic N) is 2. The number of ketones is 1. The van der Waals surface area contributed by atoms with Gasteiger partial charge in [0.15, 0.2) is 11.9 Å². The number of nitrogens with one attached hydrogen (secondary N) is 1. The lowest BCUT2D eigenvalue weighted by atomic mass is 10.1. The molecule has 3 aromatic rings. The fourth-order valence-electron chi connectivity index (χ4n) is 3.42. The van der Waals surface area contributed by atoms with Crippen molar-refractivity contribution in [2.75, 3.05) is 6.61 Å². The predicted molar refractivity (Wildman–Crippen MR) is 121 cm³/mol. The van der Waals surface area contributed by atoms with E-state index in [0.29, 0.717) is 23.3 Å². The van der Waals surface area contributed by atoms with E-state index in [2.05, 4.69) is 15.5 Å². The van der Waals surface area contributed by atoms with Crippen LogP contribution < -0.4 is 10.1 Å². The van der Waals surface area contributed by atoms with Crippen molar-refractivity contribution in [1.29, 1.82) is 0 Å². The summed E-state index contributed by atoms with van der Waals surface area (Å²) < 4.78 is 25.9. The zero-order valence-electron chi connectivity index (χ0n) is 19.0. The number of ether oxygens (including phenoxy) is 1. The fraction of sp³-hybridized carbons (Fsp3) is 0.360. The molecule has 0 radical (unpaired) electrons. The van der Waals surface area contributed by atoms with Gasteiger partial charge in [-0.1, -0.05) is 18.1 Å². The number of rotatable bonds is 10. The number of aromatic nitrogens is 2. The molecule has 4 rings (SSSR count). The summed E-state index contributed by atoms with van der Waals surface area (Å²) in [7, 11) is 0. The number of aliphatic hydroxyl groups is 1. The number of amides is 1. The van der Waals surface area contributed by atoms with Crippen molar-refractivity contribution < 1.29 is 28.3 Å². The Morgan fingerprint density at radius 1 is 1.24 bits per heavy atom. The van der Waals surface area contributed by atoms with Gasteiger partial charge in [-0.25, -0.2) is 4.39 Å². The number of carbonyl (C=O) groups is 2. The van der Waals surface area contributed by atoms with Gasteiger partial charge in [0.2, 0.25) is 5.82 Å². The highest BCUT2D eigenvalue weighted by Crippen LogP contribution is 2.33. The molecule has 178 valence electrons. The van der Waals surface area contributed by atoms with E-state index in [1.807, 2.05) is 6.92 Å². The van der Waals surface area contributed by atoms with Crippen LogP contribution in [-0.2, 0) is 0 Å². The summed E-state index contributed by atoms with van der Waals surface area (Å²) >= 11 is 0. The molecule has 1 saturated carbocycles. The van der Waals surface area contributed by atoms with E-state index in [1.165, 1.54) is 12.1 Å². The lowest BCUT2D eigenvalue weighted by Crippen LogP contribution is -2.35. The van der Waals surface area contributed by atoms with Gasteiger partial charge in [-0.3, -0.25) is 9.59 Å². The molecule has 1 aliphatic carbocycles. The molecule has 2 N–H and O–H groups in total. The third-order valence-corrected chi connectivity index (χ3v) is 5.58. The third kappa shape index (κ3) is 5.31. The van der Waals surface area contributed by atoms with Crippen molar-refractivity contribution >= 4 is 11.7 Å². The summed E-state index contributed by atoms with van der Waals surface area (Å²) in [5.41, 5.74) is 0.871. The number of hydrogen-bond donors (Lipinski definition) is 2. The van der Waals surface area contributed by atoms with E-state index >= 15 is 0 Å². The first-order valence-electron chi connectivity index (χ1n) is 11.3. The molecule has 0 bridgehead atoms. The molecule has 0 saturated heterocycles. The van der Waals surface area contributed by atoms with Crippen LogP contribution >= 0.6 is 0 Å². The molecule has 1 aliphatic rings. The lowest BCUT2D eigenvalue weighted by molar-refractivity contribution is 0.0917. The Bertz CT molecular complexity index is 1170. The minimum atomic E-state index is -0.740. The quantitative estimate of drug-likeness (QED) is 0.431. The average molecular weight is 467 g/mol. The molecule has 1 aromatic heterocycles. The van der Waals surface area contributed by atoms with E-state index in [9.17, 15) is 14.0 Å².